The van der Waals surface area contributed by atoms with E-state index in [-0.39, 0.29) is 5.41 Å². The van der Waals surface area contributed by atoms with Crippen LogP contribution in [-0.4, -0.2) is 14.5 Å². The van der Waals surface area contributed by atoms with Gasteiger partial charge in [0.1, 0.15) is 0 Å². The van der Waals surface area contributed by atoms with E-state index in [4.69, 9.17) is 9.97 Å². The van der Waals surface area contributed by atoms with Crippen LogP contribution in [0.4, 0.5) is 0 Å². The van der Waals surface area contributed by atoms with Gasteiger partial charge in [0, 0.05) is 48.8 Å². The van der Waals surface area contributed by atoms with Gasteiger partial charge in [0.05, 0.1) is 15.9 Å². The first-order valence-electron chi connectivity index (χ1n) is 14.2. The number of nitrogens with zero attached hydrogens (tertiary/aromatic N) is 3. The topological polar surface area (TPSA) is 30.7 Å². The molecule has 1 aliphatic heterocycles. The van der Waals surface area contributed by atoms with Gasteiger partial charge in [-0.15, -0.1) is 0 Å². The van der Waals surface area contributed by atoms with Crippen molar-refractivity contribution in [2.45, 2.75) is 38.8 Å². The number of fused-ring (bicyclic) bond motifs is 10. The molecular weight excluding hydrogens is 551 g/mol. The SMILES string of the molecule is CC1(C)c2ccccc2-c2ccc3c4ccc5c(c4n(-c4ncc(-c6ccccc6)cn4)c3c21)Sc1ccccc1S5. The van der Waals surface area contributed by atoms with Crippen LogP contribution >= 0.6 is 23.5 Å². The lowest BCUT2D eigenvalue weighted by molar-refractivity contribution is 0.663. The highest BCUT2D eigenvalue weighted by atomic mass is 32.2. The third-order valence-corrected chi connectivity index (χ3v) is 11.3. The zero-order valence-corrected chi connectivity index (χ0v) is 24.8. The number of aromatic nitrogens is 3. The monoisotopic (exact) mass is 575 g/mol. The Morgan fingerprint density at radius 3 is 2.05 bits per heavy atom. The lowest BCUT2D eigenvalue weighted by atomic mass is 9.81. The van der Waals surface area contributed by atoms with Crippen molar-refractivity contribution in [1.82, 2.24) is 14.5 Å². The molecule has 200 valence electrons. The number of hydrogen-bond donors (Lipinski definition) is 0. The van der Waals surface area contributed by atoms with Crippen molar-refractivity contribution in [3.05, 3.63) is 127 Å². The van der Waals surface area contributed by atoms with E-state index in [9.17, 15) is 0 Å². The lowest BCUT2D eigenvalue weighted by Gasteiger charge is -2.23. The molecule has 0 radical (unpaired) electrons. The van der Waals surface area contributed by atoms with Crippen LogP contribution in [0.5, 0.6) is 0 Å². The summed E-state index contributed by atoms with van der Waals surface area (Å²) in [5.74, 6) is 0.702. The molecule has 0 N–H and O–H groups in total. The van der Waals surface area contributed by atoms with Gasteiger partial charge < -0.3 is 0 Å². The fourth-order valence-electron chi connectivity index (χ4n) is 6.84. The molecule has 42 heavy (non-hydrogen) atoms. The van der Waals surface area contributed by atoms with Crippen molar-refractivity contribution in [3.63, 3.8) is 0 Å². The Hall–Kier alpha value is -4.32. The zero-order valence-electron chi connectivity index (χ0n) is 23.1. The van der Waals surface area contributed by atoms with Gasteiger partial charge in [-0.1, -0.05) is 122 Å². The number of rotatable bonds is 2. The largest absolute Gasteiger partial charge is 0.276 e. The maximum absolute atomic E-state index is 5.05. The molecule has 0 amide bonds. The van der Waals surface area contributed by atoms with E-state index in [0.717, 1.165) is 11.1 Å². The maximum Gasteiger partial charge on any atom is 0.234 e. The summed E-state index contributed by atoms with van der Waals surface area (Å²) in [6.07, 6.45) is 3.93. The molecule has 2 aliphatic rings. The first-order valence-corrected chi connectivity index (χ1v) is 15.8. The standard InChI is InChI=1S/C37H25N3S2/c1-37(2)28-13-7-6-12-24(28)25-16-17-26-27-18-19-31-35(42-30-15-9-8-14-29(30)41-31)34(27)40(33(26)32(25)37)36-38-20-23(21-39-36)22-10-4-3-5-11-22/h3-21H,1-2H3. The molecular formula is C37H25N3S2. The third-order valence-electron chi connectivity index (χ3n) is 8.75. The molecule has 7 aromatic rings. The van der Waals surface area contributed by atoms with E-state index in [0.29, 0.717) is 5.95 Å². The van der Waals surface area contributed by atoms with E-state index in [1.165, 1.54) is 63.6 Å². The first-order chi connectivity index (χ1) is 20.6. The van der Waals surface area contributed by atoms with Gasteiger partial charge in [-0.05, 0) is 46.0 Å². The Morgan fingerprint density at radius 2 is 1.24 bits per heavy atom. The minimum atomic E-state index is -0.171. The highest BCUT2D eigenvalue weighted by Crippen LogP contribution is 2.56. The molecule has 3 heterocycles. The smallest absolute Gasteiger partial charge is 0.234 e. The molecule has 5 aromatic carbocycles. The number of benzene rings is 5. The van der Waals surface area contributed by atoms with Crippen LogP contribution in [0.1, 0.15) is 25.0 Å². The second-order valence-corrected chi connectivity index (χ2v) is 13.6. The highest BCUT2D eigenvalue weighted by Gasteiger charge is 2.39. The van der Waals surface area contributed by atoms with Crippen LogP contribution in [0.25, 0.3) is 50.0 Å². The summed E-state index contributed by atoms with van der Waals surface area (Å²) in [6.45, 7) is 4.71. The van der Waals surface area contributed by atoms with Crippen molar-refractivity contribution in [1.29, 1.82) is 0 Å². The normalized spacial score (nSPS) is 14.4. The molecule has 3 nitrogen and oxygen atoms in total. The predicted molar refractivity (Wildman–Crippen MR) is 174 cm³/mol. The summed E-state index contributed by atoms with van der Waals surface area (Å²) >= 11 is 3.71. The molecule has 9 rings (SSSR count). The minimum absolute atomic E-state index is 0.171. The highest BCUT2D eigenvalue weighted by molar-refractivity contribution is 8.05. The molecule has 0 unspecified atom stereocenters. The van der Waals surface area contributed by atoms with Crippen molar-refractivity contribution in [2.24, 2.45) is 0 Å². The minimum Gasteiger partial charge on any atom is -0.276 e. The van der Waals surface area contributed by atoms with Gasteiger partial charge in [-0.25, -0.2) is 9.97 Å². The second kappa shape index (κ2) is 8.84. The second-order valence-electron chi connectivity index (χ2n) is 11.5. The summed E-state index contributed by atoms with van der Waals surface area (Å²) in [7, 11) is 0. The van der Waals surface area contributed by atoms with Crippen molar-refractivity contribution in [3.8, 4) is 28.2 Å². The average molecular weight is 576 g/mol. The Bertz CT molecular complexity index is 2210. The van der Waals surface area contributed by atoms with Crippen LogP contribution in [0, 0.1) is 0 Å². The molecule has 0 saturated carbocycles. The van der Waals surface area contributed by atoms with Crippen LogP contribution in [0.3, 0.4) is 0 Å². The summed E-state index contributed by atoms with van der Waals surface area (Å²) in [5, 5.41) is 2.48. The van der Waals surface area contributed by atoms with E-state index in [1.54, 1.807) is 0 Å². The molecule has 0 spiro atoms. The fourth-order valence-corrected chi connectivity index (χ4v) is 9.22. The Morgan fingerprint density at radius 1 is 0.571 bits per heavy atom. The van der Waals surface area contributed by atoms with Gasteiger partial charge in [0.25, 0.3) is 0 Å². The van der Waals surface area contributed by atoms with E-state index in [1.807, 2.05) is 42.0 Å². The van der Waals surface area contributed by atoms with Crippen molar-refractivity contribution >= 4 is 45.3 Å². The Balaban J connectivity index is 1.39. The van der Waals surface area contributed by atoms with Crippen LogP contribution in [0.2, 0.25) is 0 Å². The molecule has 1 aliphatic carbocycles. The van der Waals surface area contributed by atoms with Crippen LogP contribution < -0.4 is 0 Å². The van der Waals surface area contributed by atoms with Gasteiger partial charge in [0.15, 0.2) is 0 Å². The van der Waals surface area contributed by atoms with Gasteiger partial charge >= 0.3 is 0 Å². The Kier molecular flexibility index (Phi) is 5.11. The lowest BCUT2D eigenvalue weighted by Crippen LogP contribution is -2.17. The molecule has 2 aromatic heterocycles. The van der Waals surface area contributed by atoms with E-state index in [2.05, 4.69) is 115 Å². The first kappa shape index (κ1) is 24.3. The summed E-state index contributed by atoms with van der Waals surface area (Å²) < 4.78 is 2.35. The van der Waals surface area contributed by atoms with Gasteiger partial charge in [0.2, 0.25) is 5.95 Å². The zero-order chi connectivity index (χ0) is 28.0. The summed E-state index contributed by atoms with van der Waals surface area (Å²) in [4.78, 5) is 15.2. The van der Waals surface area contributed by atoms with Crippen LogP contribution in [0.15, 0.2) is 135 Å². The Labute approximate surface area is 252 Å². The van der Waals surface area contributed by atoms with Gasteiger partial charge in [-0.2, -0.15) is 0 Å². The molecule has 0 bridgehead atoms. The average Bonchev–Trinajstić information content (AvgIpc) is 3.50. The predicted octanol–water partition coefficient (Wildman–Crippen LogP) is 10.2. The molecule has 5 heteroatoms. The van der Waals surface area contributed by atoms with E-state index >= 15 is 0 Å². The van der Waals surface area contributed by atoms with Crippen LogP contribution in [-0.2, 0) is 5.41 Å². The van der Waals surface area contributed by atoms with Gasteiger partial charge in [-0.3, -0.25) is 4.57 Å². The maximum atomic E-state index is 5.05. The molecule has 0 saturated heterocycles. The summed E-state index contributed by atoms with van der Waals surface area (Å²) in [6, 6.07) is 37.1. The molecule has 0 atom stereocenters. The number of hydrogen-bond acceptors (Lipinski definition) is 4. The van der Waals surface area contributed by atoms with Crippen molar-refractivity contribution in [2.75, 3.05) is 0 Å². The summed E-state index contributed by atoms with van der Waals surface area (Å²) in [5.41, 5.74) is 9.67. The van der Waals surface area contributed by atoms with E-state index < -0.39 is 0 Å². The fraction of sp³-hybridized carbons (Fsp3) is 0.0811. The quantitative estimate of drug-likeness (QED) is 0.205. The molecule has 0 fully saturated rings. The third kappa shape index (κ3) is 3.32. The van der Waals surface area contributed by atoms with Crippen molar-refractivity contribution < 1.29 is 0 Å².